The molecule has 5 rings (SSSR count). The summed E-state index contributed by atoms with van der Waals surface area (Å²) in [7, 11) is 0. The number of fused-ring (bicyclic) bond motifs is 1. The highest BCUT2D eigenvalue weighted by molar-refractivity contribution is 6.07. The predicted molar refractivity (Wildman–Crippen MR) is 140 cm³/mol. The standard InChI is InChI=1S/C27H31N7O2/c1-16(2)33-10-12-34(13-11-33)27(36)19-8-9-20-21(14-19)30-25(29-20)24-22(15-28-32-24)31-26(35)23-17(3)6-5-7-18(23)4/h5-9,14-16H,10-13H2,1-4H3,(H,28,32)(H,29,30)(H,31,35). The second-order valence-electron chi connectivity index (χ2n) is 9.62. The molecule has 0 unspecified atom stereocenters. The first kappa shape index (κ1) is 23.7. The lowest BCUT2D eigenvalue weighted by atomic mass is 10.0. The third kappa shape index (κ3) is 4.49. The largest absolute Gasteiger partial charge is 0.337 e. The Morgan fingerprint density at radius 3 is 2.44 bits per heavy atom. The number of aromatic nitrogens is 4. The number of nitrogens with zero attached hydrogens (tertiary/aromatic N) is 4. The Balaban J connectivity index is 1.36. The fraction of sp³-hybridized carbons (Fsp3) is 0.333. The third-order valence-electron chi connectivity index (χ3n) is 6.89. The van der Waals surface area contributed by atoms with Crippen molar-refractivity contribution >= 4 is 28.5 Å². The number of imidazole rings is 1. The van der Waals surface area contributed by atoms with Gasteiger partial charge in [0.15, 0.2) is 5.82 Å². The molecule has 0 aliphatic carbocycles. The van der Waals surface area contributed by atoms with Crippen LogP contribution in [0.1, 0.15) is 45.7 Å². The van der Waals surface area contributed by atoms with E-state index in [-0.39, 0.29) is 11.8 Å². The first-order valence-electron chi connectivity index (χ1n) is 12.3. The Morgan fingerprint density at radius 2 is 1.75 bits per heavy atom. The summed E-state index contributed by atoms with van der Waals surface area (Å²) in [5.74, 6) is 0.365. The van der Waals surface area contributed by atoms with Gasteiger partial charge in [-0.05, 0) is 57.0 Å². The van der Waals surface area contributed by atoms with E-state index in [9.17, 15) is 9.59 Å². The number of amides is 2. The molecule has 0 saturated carbocycles. The van der Waals surface area contributed by atoms with Crippen molar-refractivity contribution in [1.82, 2.24) is 30.0 Å². The molecule has 0 atom stereocenters. The van der Waals surface area contributed by atoms with Gasteiger partial charge in [0, 0.05) is 43.3 Å². The number of aromatic amines is 2. The highest BCUT2D eigenvalue weighted by atomic mass is 16.2. The molecule has 1 fully saturated rings. The van der Waals surface area contributed by atoms with E-state index >= 15 is 0 Å². The van der Waals surface area contributed by atoms with E-state index in [0.717, 1.165) is 48.3 Å². The number of hydrogen-bond donors (Lipinski definition) is 3. The van der Waals surface area contributed by atoms with E-state index in [1.165, 1.54) is 0 Å². The van der Waals surface area contributed by atoms with E-state index in [0.29, 0.717) is 34.4 Å². The van der Waals surface area contributed by atoms with Gasteiger partial charge in [0.25, 0.3) is 11.8 Å². The van der Waals surface area contributed by atoms with Crippen molar-refractivity contribution in [3.8, 4) is 11.5 Å². The molecule has 2 aromatic heterocycles. The van der Waals surface area contributed by atoms with Crippen LogP contribution in [0.4, 0.5) is 5.69 Å². The lowest BCUT2D eigenvalue weighted by Crippen LogP contribution is -2.50. The normalized spacial score (nSPS) is 14.5. The van der Waals surface area contributed by atoms with Crippen LogP contribution < -0.4 is 5.32 Å². The number of H-pyrrole nitrogens is 2. The van der Waals surface area contributed by atoms with Crippen molar-refractivity contribution in [3.05, 3.63) is 64.8 Å². The van der Waals surface area contributed by atoms with Crippen molar-refractivity contribution < 1.29 is 9.59 Å². The number of rotatable bonds is 5. The number of carbonyl (C=O) groups excluding carboxylic acids is 2. The van der Waals surface area contributed by atoms with Crippen LogP contribution in [-0.4, -0.2) is 74.0 Å². The van der Waals surface area contributed by atoms with Gasteiger partial charge in [0.1, 0.15) is 5.69 Å². The molecule has 36 heavy (non-hydrogen) atoms. The molecule has 0 spiro atoms. The van der Waals surface area contributed by atoms with Crippen LogP contribution in [0.2, 0.25) is 0 Å². The minimum absolute atomic E-state index is 0.0274. The molecule has 2 aromatic carbocycles. The Hall–Kier alpha value is -3.98. The van der Waals surface area contributed by atoms with E-state index in [1.54, 1.807) is 6.20 Å². The maximum absolute atomic E-state index is 13.1. The molecule has 0 bridgehead atoms. The topological polar surface area (TPSA) is 110 Å². The molecule has 3 N–H and O–H groups in total. The van der Waals surface area contributed by atoms with Crippen LogP contribution in [-0.2, 0) is 0 Å². The van der Waals surface area contributed by atoms with Gasteiger partial charge in [-0.3, -0.25) is 19.6 Å². The van der Waals surface area contributed by atoms with E-state index < -0.39 is 0 Å². The van der Waals surface area contributed by atoms with Crippen LogP contribution >= 0.6 is 0 Å². The lowest BCUT2D eigenvalue weighted by molar-refractivity contribution is 0.0595. The molecule has 4 aromatic rings. The molecule has 9 nitrogen and oxygen atoms in total. The molecule has 1 aliphatic heterocycles. The molecular formula is C27H31N7O2. The quantitative estimate of drug-likeness (QED) is 0.396. The van der Waals surface area contributed by atoms with Gasteiger partial charge in [0.05, 0.1) is 22.9 Å². The minimum Gasteiger partial charge on any atom is -0.337 e. The summed E-state index contributed by atoms with van der Waals surface area (Å²) in [5.41, 5.74) is 5.67. The number of benzene rings is 2. The second kappa shape index (κ2) is 9.58. The zero-order valence-corrected chi connectivity index (χ0v) is 21.1. The third-order valence-corrected chi connectivity index (χ3v) is 6.89. The van der Waals surface area contributed by atoms with Gasteiger partial charge in [-0.1, -0.05) is 18.2 Å². The first-order chi connectivity index (χ1) is 17.3. The SMILES string of the molecule is Cc1cccc(C)c1C(=O)Nc1cn[nH]c1-c1nc2ccc(C(=O)N3CCN(C(C)C)CC3)cc2[nH]1. The highest BCUT2D eigenvalue weighted by Crippen LogP contribution is 2.27. The van der Waals surface area contributed by atoms with Crippen molar-refractivity contribution in [1.29, 1.82) is 0 Å². The smallest absolute Gasteiger partial charge is 0.256 e. The average Bonchev–Trinajstić information content (AvgIpc) is 3.49. The van der Waals surface area contributed by atoms with Crippen LogP contribution in [0.25, 0.3) is 22.6 Å². The Kier molecular flexibility index (Phi) is 6.32. The second-order valence-corrected chi connectivity index (χ2v) is 9.62. The monoisotopic (exact) mass is 485 g/mol. The summed E-state index contributed by atoms with van der Waals surface area (Å²) in [5, 5.41) is 10.0. The number of carbonyl (C=O) groups is 2. The van der Waals surface area contributed by atoms with Crippen LogP contribution in [0, 0.1) is 13.8 Å². The zero-order chi connectivity index (χ0) is 25.4. The van der Waals surface area contributed by atoms with Gasteiger partial charge >= 0.3 is 0 Å². The molecule has 0 radical (unpaired) electrons. The molecule has 186 valence electrons. The van der Waals surface area contributed by atoms with Crippen LogP contribution in [0.15, 0.2) is 42.6 Å². The summed E-state index contributed by atoms with van der Waals surface area (Å²) in [4.78, 5) is 38.4. The van der Waals surface area contributed by atoms with Crippen molar-refractivity contribution in [2.75, 3.05) is 31.5 Å². The molecule has 1 aliphatic rings. The van der Waals surface area contributed by atoms with Crippen molar-refractivity contribution in [2.24, 2.45) is 0 Å². The van der Waals surface area contributed by atoms with Crippen molar-refractivity contribution in [2.45, 2.75) is 33.7 Å². The molecule has 1 saturated heterocycles. The maximum atomic E-state index is 13.1. The van der Waals surface area contributed by atoms with Crippen molar-refractivity contribution in [3.63, 3.8) is 0 Å². The lowest BCUT2D eigenvalue weighted by Gasteiger charge is -2.36. The van der Waals surface area contributed by atoms with Gasteiger partial charge in [0.2, 0.25) is 0 Å². The maximum Gasteiger partial charge on any atom is 0.256 e. The van der Waals surface area contributed by atoms with E-state index in [1.807, 2.05) is 55.1 Å². The fourth-order valence-corrected chi connectivity index (χ4v) is 4.80. The van der Waals surface area contributed by atoms with Gasteiger partial charge < -0.3 is 15.2 Å². The Morgan fingerprint density at radius 1 is 1.03 bits per heavy atom. The molecule has 9 heteroatoms. The van der Waals surface area contributed by atoms with Gasteiger partial charge in [-0.25, -0.2) is 4.98 Å². The van der Waals surface area contributed by atoms with E-state index in [4.69, 9.17) is 0 Å². The van der Waals surface area contributed by atoms with Gasteiger partial charge in [-0.2, -0.15) is 5.10 Å². The molecule has 3 heterocycles. The average molecular weight is 486 g/mol. The number of piperazine rings is 1. The summed E-state index contributed by atoms with van der Waals surface area (Å²) < 4.78 is 0. The number of anilines is 1. The van der Waals surface area contributed by atoms with Crippen LogP contribution in [0.5, 0.6) is 0 Å². The Bertz CT molecular complexity index is 1410. The Labute approximate surface area is 209 Å². The minimum atomic E-state index is -0.199. The van der Waals surface area contributed by atoms with Gasteiger partial charge in [-0.15, -0.1) is 0 Å². The van der Waals surface area contributed by atoms with Crippen LogP contribution in [0.3, 0.4) is 0 Å². The summed E-state index contributed by atoms with van der Waals surface area (Å²) in [6.07, 6.45) is 1.57. The summed E-state index contributed by atoms with van der Waals surface area (Å²) in [6.45, 7) is 11.4. The zero-order valence-electron chi connectivity index (χ0n) is 21.1. The predicted octanol–water partition coefficient (Wildman–Crippen LogP) is 3.99. The summed E-state index contributed by atoms with van der Waals surface area (Å²) >= 11 is 0. The molecular weight excluding hydrogens is 454 g/mol. The van der Waals surface area contributed by atoms with E-state index in [2.05, 4.69) is 44.2 Å². The first-order valence-corrected chi connectivity index (χ1v) is 12.3. The highest BCUT2D eigenvalue weighted by Gasteiger charge is 2.24. The fourth-order valence-electron chi connectivity index (χ4n) is 4.80. The number of aryl methyl sites for hydroxylation is 2. The number of nitrogens with one attached hydrogen (secondary N) is 3. The molecule has 2 amide bonds. The number of hydrogen-bond acceptors (Lipinski definition) is 5. The summed E-state index contributed by atoms with van der Waals surface area (Å²) in [6, 6.07) is 11.8.